The van der Waals surface area contributed by atoms with Crippen LogP contribution < -0.4 is 5.32 Å². The molecule has 0 aromatic carbocycles. The van der Waals surface area contributed by atoms with Crippen molar-refractivity contribution in [1.82, 2.24) is 5.32 Å². The van der Waals surface area contributed by atoms with Crippen LogP contribution in [-0.2, 0) is 14.3 Å². The molecule has 1 N–H and O–H groups in total. The maximum absolute atomic E-state index is 11.4. The second-order valence-electron chi connectivity index (χ2n) is 3.34. The van der Waals surface area contributed by atoms with Crippen LogP contribution in [0.5, 0.6) is 0 Å². The summed E-state index contributed by atoms with van der Waals surface area (Å²) in [6.45, 7) is 1.84. The lowest BCUT2D eigenvalue weighted by Gasteiger charge is -2.22. The van der Waals surface area contributed by atoms with Gasteiger partial charge in [0.1, 0.15) is 0 Å². The maximum Gasteiger partial charge on any atom is 0.220 e. The zero-order chi connectivity index (χ0) is 11.7. The van der Waals surface area contributed by atoms with E-state index < -0.39 is 6.29 Å². The summed E-state index contributed by atoms with van der Waals surface area (Å²) in [5.41, 5.74) is 0. The van der Waals surface area contributed by atoms with Gasteiger partial charge >= 0.3 is 0 Å². The lowest BCUT2D eigenvalue weighted by atomic mass is 10.2. The van der Waals surface area contributed by atoms with E-state index in [1.165, 1.54) is 0 Å². The average Bonchev–Trinajstić information content (AvgIpc) is 2.20. The molecule has 5 heteroatoms. The Balaban J connectivity index is 3.74. The Morgan fingerprint density at radius 1 is 1.33 bits per heavy atom. The van der Waals surface area contributed by atoms with E-state index in [2.05, 4.69) is 5.32 Å². The summed E-state index contributed by atoms with van der Waals surface area (Å²) < 4.78 is 10.1. The van der Waals surface area contributed by atoms with Crippen LogP contribution in [0.25, 0.3) is 0 Å². The second-order valence-corrected chi connectivity index (χ2v) is 3.72. The third-order valence-electron chi connectivity index (χ3n) is 2.05. The summed E-state index contributed by atoms with van der Waals surface area (Å²) in [5.74, 6) is 0.605. The fourth-order valence-electron chi connectivity index (χ4n) is 1.28. The van der Waals surface area contributed by atoms with Crippen LogP contribution in [0.15, 0.2) is 0 Å². The zero-order valence-electron chi connectivity index (χ0n) is 9.59. The largest absolute Gasteiger partial charge is 0.354 e. The van der Waals surface area contributed by atoms with Gasteiger partial charge in [-0.2, -0.15) is 0 Å². The number of rotatable bonds is 8. The topological polar surface area (TPSA) is 47.6 Å². The van der Waals surface area contributed by atoms with Gasteiger partial charge in [-0.15, -0.1) is 11.6 Å². The molecule has 1 amide bonds. The Labute approximate surface area is 96.3 Å². The van der Waals surface area contributed by atoms with E-state index in [9.17, 15) is 4.79 Å². The maximum atomic E-state index is 11.4. The number of methoxy groups -OCH3 is 2. The number of hydrogen-bond donors (Lipinski definition) is 1. The number of nitrogens with one attached hydrogen (secondary N) is 1. The lowest BCUT2D eigenvalue weighted by molar-refractivity contribution is -0.135. The molecule has 90 valence electrons. The molecule has 1 atom stereocenters. The van der Waals surface area contributed by atoms with Gasteiger partial charge in [-0.1, -0.05) is 0 Å². The van der Waals surface area contributed by atoms with Gasteiger partial charge in [-0.3, -0.25) is 4.79 Å². The van der Waals surface area contributed by atoms with Crippen molar-refractivity contribution in [2.45, 2.75) is 38.5 Å². The molecule has 1 unspecified atom stereocenters. The van der Waals surface area contributed by atoms with Crippen molar-refractivity contribution >= 4 is 17.5 Å². The predicted octanol–water partition coefficient (Wildman–Crippen LogP) is 1.52. The quantitative estimate of drug-likeness (QED) is 0.396. The van der Waals surface area contributed by atoms with Gasteiger partial charge in [0.05, 0.1) is 6.04 Å². The Kier molecular flexibility index (Phi) is 8.76. The molecule has 0 aliphatic carbocycles. The smallest absolute Gasteiger partial charge is 0.220 e. The Bertz CT molecular complexity index is 174. The number of amides is 1. The Hall–Kier alpha value is -0.320. The highest BCUT2D eigenvalue weighted by atomic mass is 35.5. The molecule has 0 aromatic rings. The van der Waals surface area contributed by atoms with Gasteiger partial charge in [0.2, 0.25) is 5.91 Å². The van der Waals surface area contributed by atoms with Crippen LogP contribution in [0.2, 0.25) is 0 Å². The normalized spacial score (nSPS) is 12.9. The van der Waals surface area contributed by atoms with Crippen LogP contribution >= 0.6 is 11.6 Å². The molecule has 0 rings (SSSR count). The Morgan fingerprint density at radius 3 is 2.40 bits per heavy atom. The summed E-state index contributed by atoms with van der Waals surface area (Å²) in [4.78, 5) is 11.4. The Morgan fingerprint density at radius 2 is 1.93 bits per heavy atom. The highest BCUT2D eigenvalue weighted by Gasteiger charge is 2.17. The van der Waals surface area contributed by atoms with Crippen molar-refractivity contribution in [2.24, 2.45) is 0 Å². The van der Waals surface area contributed by atoms with Gasteiger partial charge in [-0.25, -0.2) is 0 Å². The first-order valence-corrected chi connectivity index (χ1v) is 5.60. The molecule has 0 aliphatic rings. The number of unbranched alkanes of at least 4 members (excludes halogenated alkanes) is 1. The highest BCUT2D eigenvalue weighted by Crippen LogP contribution is 2.01. The standard InChI is InChI=1S/C10H20ClNO3/c1-8(10(14-2)15-3)12-9(13)6-4-5-7-11/h8,10H,4-7H2,1-3H3,(H,12,13). The van der Waals surface area contributed by atoms with Crippen molar-refractivity contribution in [2.75, 3.05) is 20.1 Å². The van der Waals surface area contributed by atoms with Crippen LogP contribution in [-0.4, -0.2) is 38.3 Å². The second kappa shape index (κ2) is 8.95. The van der Waals surface area contributed by atoms with E-state index in [0.717, 1.165) is 12.8 Å². The van der Waals surface area contributed by atoms with E-state index in [4.69, 9.17) is 21.1 Å². The van der Waals surface area contributed by atoms with E-state index in [0.29, 0.717) is 12.3 Å². The van der Waals surface area contributed by atoms with Gasteiger partial charge in [-0.05, 0) is 19.8 Å². The number of carbonyl (C=O) groups excluding carboxylic acids is 1. The molecule has 0 fully saturated rings. The van der Waals surface area contributed by atoms with E-state index in [1.807, 2.05) is 6.92 Å². The monoisotopic (exact) mass is 237 g/mol. The van der Waals surface area contributed by atoms with E-state index in [-0.39, 0.29) is 11.9 Å². The summed E-state index contributed by atoms with van der Waals surface area (Å²) in [6.07, 6.45) is 1.77. The third kappa shape index (κ3) is 6.71. The molecule has 0 radical (unpaired) electrons. The molecule has 15 heavy (non-hydrogen) atoms. The number of alkyl halides is 1. The molecule has 0 bridgehead atoms. The van der Waals surface area contributed by atoms with Gasteiger partial charge in [0, 0.05) is 26.5 Å². The number of ether oxygens (including phenoxy) is 2. The van der Waals surface area contributed by atoms with Crippen molar-refractivity contribution < 1.29 is 14.3 Å². The molecule has 0 aliphatic heterocycles. The number of carbonyl (C=O) groups is 1. The average molecular weight is 238 g/mol. The van der Waals surface area contributed by atoms with E-state index >= 15 is 0 Å². The van der Waals surface area contributed by atoms with Crippen LogP contribution in [0.4, 0.5) is 0 Å². The summed E-state index contributed by atoms with van der Waals surface area (Å²) in [5, 5.41) is 2.81. The van der Waals surface area contributed by atoms with Crippen molar-refractivity contribution in [3.63, 3.8) is 0 Å². The zero-order valence-corrected chi connectivity index (χ0v) is 10.3. The molecule has 0 saturated carbocycles. The first-order valence-electron chi connectivity index (χ1n) is 5.06. The molecule has 0 saturated heterocycles. The van der Waals surface area contributed by atoms with Crippen LogP contribution in [0, 0.1) is 0 Å². The molecular weight excluding hydrogens is 218 g/mol. The fraction of sp³-hybridized carbons (Fsp3) is 0.900. The molecule has 0 heterocycles. The molecule has 4 nitrogen and oxygen atoms in total. The van der Waals surface area contributed by atoms with Gasteiger partial charge in [0.25, 0.3) is 0 Å². The van der Waals surface area contributed by atoms with Crippen LogP contribution in [0.3, 0.4) is 0 Å². The minimum absolute atomic E-state index is 0.00622. The number of halogens is 1. The van der Waals surface area contributed by atoms with Gasteiger partial charge < -0.3 is 14.8 Å². The van der Waals surface area contributed by atoms with Crippen molar-refractivity contribution in [3.05, 3.63) is 0 Å². The third-order valence-corrected chi connectivity index (χ3v) is 2.32. The summed E-state index contributed by atoms with van der Waals surface area (Å²) in [7, 11) is 3.09. The molecule has 0 spiro atoms. The first kappa shape index (κ1) is 14.7. The lowest BCUT2D eigenvalue weighted by Crippen LogP contribution is -2.42. The summed E-state index contributed by atoms with van der Waals surface area (Å²) in [6, 6.07) is -0.150. The van der Waals surface area contributed by atoms with Crippen LogP contribution in [0.1, 0.15) is 26.2 Å². The minimum Gasteiger partial charge on any atom is -0.354 e. The van der Waals surface area contributed by atoms with Crippen molar-refractivity contribution in [3.8, 4) is 0 Å². The number of hydrogen-bond acceptors (Lipinski definition) is 3. The SMILES string of the molecule is COC(OC)C(C)NC(=O)CCCCCl. The summed E-state index contributed by atoms with van der Waals surface area (Å²) >= 11 is 5.51. The molecular formula is C10H20ClNO3. The first-order chi connectivity index (χ1) is 7.15. The molecule has 0 aromatic heterocycles. The van der Waals surface area contributed by atoms with Gasteiger partial charge in [0.15, 0.2) is 6.29 Å². The highest BCUT2D eigenvalue weighted by molar-refractivity contribution is 6.17. The minimum atomic E-state index is -0.401. The predicted molar refractivity (Wildman–Crippen MR) is 60.0 cm³/mol. The van der Waals surface area contributed by atoms with Crippen molar-refractivity contribution in [1.29, 1.82) is 0 Å². The van der Waals surface area contributed by atoms with E-state index in [1.54, 1.807) is 14.2 Å². The fourth-order valence-corrected chi connectivity index (χ4v) is 1.47.